The van der Waals surface area contributed by atoms with Crippen LogP contribution in [-0.2, 0) is 6.18 Å². The molecule has 0 radical (unpaired) electrons. The van der Waals surface area contributed by atoms with E-state index in [1.54, 1.807) is 18.2 Å². The third-order valence-electron chi connectivity index (χ3n) is 10.5. The summed E-state index contributed by atoms with van der Waals surface area (Å²) in [4.78, 5) is 0. The molecule has 10 rings (SSSR count). The van der Waals surface area contributed by atoms with E-state index < -0.39 is 11.7 Å². The van der Waals surface area contributed by atoms with Crippen molar-refractivity contribution in [2.45, 2.75) is 6.18 Å². The van der Waals surface area contributed by atoms with Crippen LogP contribution in [0.4, 0.5) is 17.6 Å². The molecule has 0 saturated heterocycles. The van der Waals surface area contributed by atoms with Crippen molar-refractivity contribution in [2.75, 3.05) is 0 Å². The van der Waals surface area contributed by atoms with E-state index in [9.17, 15) is 13.2 Å². The Morgan fingerprint density at radius 3 is 1.27 bits per heavy atom. The van der Waals surface area contributed by atoms with E-state index in [-0.39, 0.29) is 5.82 Å². The Hall–Kier alpha value is -6.26. The van der Waals surface area contributed by atoms with Crippen LogP contribution >= 0.6 is 0 Å². The molecule has 0 unspecified atom stereocenters. The van der Waals surface area contributed by atoms with Crippen molar-refractivity contribution in [3.63, 3.8) is 0 Å². The molecule has 0 aliphatic heterocycles. The topological polar surface area (TPSA) is 0 Å². The second kappa shape index (κ2) is 10.9. The van der Waals surface area contributed by atoms with Gasteiger partial charge in [0.15, 0.2) is 0 Å². The van der Waals surface area contributed by atoms with Crippen LogP contribution in [-0.4, -0.2) is 0 Å². The first-order valence-electron chi connectivity index (χ1n) is 16.9. The molecule has 0 aliphatic carbocycles. The summed E-state index contributed by atoms with van der Waals surface area (Å²) in [6, 6.07) is 50.4. The maximum absolute atomic E-state index is 15.1. The highest BCUT2D eigenvalue weighted by Gasteiger charge is 2.30. The summed E-state index contributed by atoms with van der Waals surface area (Å²) in [6.45, 7) is 0. The Morgan fingerprint density at radius 2 is 0.745 bits per heavy atom. The Kier molecular flexibility index (Phi) is 6.32. The molecule has 0 aromatic heterocycles. The standard InChI is InChI=1S/C47H26F4/c48-42-26-25-39(32-7-1-2-8-33(32)42)45-34-9-3-5-11-36(34)46(37-12-6-4-10-35(37)45)41-24-18-29-16-22-38-31(27-13-19-30(20-14-27)47(49,50)51)21-15-28-17-23-40(41)44(29)43(28)38/h1-26H. The summed E-state index contributed by atoms with van der Waals surface area (Å²) >= 11 is 0. The predicted molar refractivity (Wildman–Crippen MR) is 204 cm³/mol. The second-order valence-electron chi connectivity index (χ2n) is 13.2. The van der Waals surface area contributed by atoms with Crippen molar-refractivity contribution in [1.82, 2.24) is 0 Å². The van der Waals surface area contributed by atoms with Gasteiger partial charge in [-0.05, 0) is 111 Å². The first kappa shape index (κ1) is 29.6. The fourth-order valence-electron chi connectivity index (χ4n) is 8.30. The number of rotatable bonds is 3. The summed E-state index contributed by atoms with van der Waals surface area (Å²) < 4.78 is 55.2. The van der Waals surface area contributed by atoms with Crippen molar-refractivity contribution >= 4 is 64.6 Å². The van der Waals surface area contributed by atoms with E-state index in [0.29, 0.717) is 5.39 Å². The highest BCUT2D eigenvalue weighted by molar-refractivity contribution is 6.31. The summed E-state index contributed by atoms with van der Waals surface area (Å²) in [7, 11) is 0. The van der Waals surface area contributed by atoms with Crippen molar-refractivity contribution in [1.29, 1.82) is 0 Å². The van der Waals surface area contributed by atoms with E-state index in [2.05, 4.69) is 91.0 Å². The van der Waals surface area contributed by atoms with E-state index in [0.717, 1.165) is 105 Å². The summed E-state index contributed by atoms with van der Waals surface area (Å²) in [6.07, 6.45) is -4.39. The Balaban J connectivity index is 1.28. The zero-order chi connectivity index (χ0) is 34.4. The Labute approximate surface area is 290 Å². The molecule has 10 aromatic rings. The normalized spacial score (nSPS) is 12.3. The van der Waals surface area contributed by atoms with Crippen LogP contribution in [0.1, 0.15) is 5.56 Å². The molecule has 0 amide bonds. The zero-order valence-corrected chi connectivity index (χ0v) is 27.0. The maximum atomic E-state index is 15.1. The Morgan fingerprint density at radius 1 is 0.333 bits per heavy atom. The van der Waals surface area contributed by atoms with Crippen LogP contribution in [0.25, 0.3) is 98.0 Å². The van der Waals surface area contributed by atoms with E-state index >= 15 is 4.39 Å². The van der Waals surface area contributed by atoms with Gasteiger partial charge in [-0.3, -0.25) is 0 Å². The molecule has 0 fully saturated rings. The summed E-state index contributed by atoms with van der Waals surface area (Å²) in [5.41, 5.74) is 5.24. The average Bonchev–Trinajstić information content (AvgIpc) is 3.16. The average molecular weight is 667 g/mol. The third-order valence-corrected chi connectivity index (χ3v) is 10.5. The van der Waals surface area contributed by atoms with Gasteiger partial charge in [0.05, 0.1) is 5.56 Å². The van der Waals surface area contributed by atoms with Gasteiger partial charge in [0, 0.05) is 5.39 Å². The number of hydrogen-bond acceptors (Lipinski definition) is 0. The van der Waals surface area contributed by atoms with Crippen LogP contribution in [0.2, 0.25) is 0 Å². The highest BCUT2D eigenvalue weighted by atomic mass is 19.4. The van der Waals surface area contributed by atoms with Crippen LogP contribution in [0, 0.1) is 5.82 Å². The van der Waals surface area contributed by atoms with Crippen molar-refractivity contribution in [2.24, 2.45) is 0 Å². The van der Waals surface area contributed by atoms with Gasteiger partial charge in [-0.25, -0.2) is 4.39 Å². The van der Waals surface area contributed by atoms with Gasteiger partial charge in [0.1, 0.15) is 5.82 Å². The summed E-state index contributed by atoms with van der Waals surface area (Å²) in [5, 5.41) is 12.3. The fourth-order valence-corrected chi connectivity index (χ4v) is 8.30. The molecule has 242 valence electrons. The van der Waals surface area contributed by atoms with Gasteiger partial charge in [-0.2, -0.15) is 13.2 Å². The number of fused-ring (bicyclic) bond motifs is 3. The summed E-state index contributed by atoms with van der Waals surface area (Å²) in [5.74, 6) is -0.241. The highest BCUT2D eigenvalue weighted by Crippen LogP contribution is 2.49. The van der Waals surface area contributed by atoms with Crippen LogP contribution in [0.5, 0.6) is 0 Å². The van der Waals surface area contributed by atoms with Crippen molar-refractivity contribution < 1.29 is 17.6 Å². The van der Waals surface area contributed by atoms with Crippen molar-refractivity contribution in [3.05, 3.63) is 169 Å². The molecule has 0 spiro atoms. The van der Waals surface area contributed by atoms with E-state index in [4.69, 9.17) is 0 Å². The molecule has 0 nitrogen and oxygen atoms in total. The lowest BCUT2D eigenvalue weighted by Gasteiger charge is -2.21. The second-order valence-corrected chi connectivity index (χ2v) is 13.2. The molecule has 0 atom stereocenters. The minimum absolute atomic E-state index is 0.241. The van der Waals surface area contributed by atoms with Gasteiger partial charge >= 0.3 is 6.18 Å². The molecule has 10 aromatic carbocycles. The molecule has 0 bridgehead atoms. The van der Waals surface area contributed by atoms with E-state index in [1.165, 1.54) is 0 Å². The first-order chi connectivity index (χ1) is 24.9. The lowest BCUT2D eigenvalue weighted by Crippen LogP contribution is -2.04. The smallest absolute Gasteiger partial charge is 0.206 e. The van der Waals surface area contributed by atoms with Gasteiger partial charge in [0.25, 0.3) is 0 Å². The molecular weight excluding hydrogens is 641 g/mol. The van der Waals surface area contributed by atoms with Gasteiger partial charge in [0.2, 0.25) is 0 Å². The number of benzene rings is 10. The van der Waals surface area contributed by atoms with Crippen LogP contribution in [0.15, 0.2) is 158 Å². The number of alkyl halides is 3. The predicted octanol–water partition coefficient (Wildman–Crippen LogP) is 14.2. The first-order valence-corrected chi connectivity index (χ1v) is 16.9. The molecule has 0 saturated carbocycles. The third kappa shape index (κ3) is 4.39. The van der Waals surface area contributed by atoms with Crippen molar-refractivity contribution in [3.8, 4) is 33.4 Å². The molecule has 4 heteroatoms. The maximum Gasteiger partial charge on any atom is 0.416 e. The lowest BCUT2D eigenvalue weighted by atomic mass is 9.82. The molecular formula is C47H26F4. The van der Waals surface area contributed by atoms with Gasteiger partial charge in [-0.15, -0.1) is 0 Å². The van der Waals surface area contributed by atoms with Gasteiger partial charge < -0.3 is 0 Å². The number of halogens is 4. The molecule has 0 aliphatic rings. The molecule has 0 N–H and O–H groups in total. The van der Waals surface area contributed by atoms with E-state index in [1.807, 2.05) is 36.4 Å². The van der Waals surface area contributed by atoms with Gasteiger partial charge in [-0.1, -0.05) is 140 Å². The Bertz CT molecular complexity index is 2950. The molecule has 51 heavy (non-hydrogen) atoms. The SMILES string of the molecule is Fc1ccc(-c2c3ccccc3c(-c3ccc4ccc5c(-c6ccc(C(F)(F)F)cc6)ccc6ccc3c4c65)c3ccccc23)c2ccccc12. The number of hydrogen-bond donors (Lipinski definition) is 0. The lowest BCUT2D eigenvalue weighted by molar-refractivity contribution is -0.137. The van der Waals surface area contributed by atoms with Crippen LogP contribution < -0.4 is 0 Å². The zero-order valence-electron chi connectivity index (χ0n) is 27.0. The molecule has 0 heterocycles. The monoisotopic (exact) mass is 666 g/mol. The minimum atomic E-state index is -4.39. The quantitative estimate of drug-likeness (QED) is 0.100. The minimum Gasteiger partial charge on any atom is -0.206 e. The fraction of sp³-hybridized carbons (Fsp3) is 0.0213. The largest absolute Gasteiger partial charge is 0.416 e. The van der Waals surface area contributed by atoms with Crippen LogP contribution in [0.3, 0.4) is 0 Å².